The molecule has 5 nitrogen and oxygen atoms in total. The molecule has 0 atom stereocenters. The predicted octanol–water partition coefficient (Wildman–Crippen LogP) is 2.79. The second kappa shape index (κ2) is 8.02. The summed E-state index contributed by atoms with van der Waals surface area (Å²) in [6, 6.07) is 4.57. The van der Waals surface area contributed by atoms with Gasteiger partial charge < -0.3 is 14.7 Å². The van der Waals surface area contributed by atoms with Gasteiger partial charge in [0.05, 0.1) is 9.13 Å². The number of amides is 1. The molecule has 0 aliphatic carbocycles. The molecule has 21 heavy (non-hydrogen) atoms. The summed E-state index contributed by atoms with van der Waals surface area (Å²) >= 11 is 2.04. The van der Waals surface area contributed by atoms with Crippen LogP contribution >= 0.6 is 22.6 Å². The van der Waals surface area contributed by atoms with E-state index in [1.54, 1.807) is 11.0 Å². The maximum absolute atomic E-state index is 12.1. The van der Waals surface area contributed by atoms with Gasteiger partial charge in [-0.1, -0.05) is 12.2 Å². The highest BCUT2D eigenvalue weighted by atomic mass is 127. The number of carbonyl (C=O) groups is 2. The molecule has 0 fully saturated rings. The maximum atomic E-state index is 12.1. The van der Waals surface area contributed by atoms with Gasteiger partial charge in [-0.05, 0) is 54.6 Å². The monoisotopic (exact) mass is 403 g/mol. The summed E-state index contributed by atoms with van der Waals surface area (Å²) < 4.78 is 6.22. The van der Waals surface area contributed by atoms with Crippen LogP contribution in [0.15, 0.2) is 30.4 Å². The van der Waals surface area contributed by atoms with Crippen molar-refractivity contribution in [2.24, 2.45) is 0 Å². The van der Waals surface area contributed by atoms with Crippen LogP contribution in [0.25, 0.3) is 0 Å². The van der Waals surface area contributed by atoms with E-state index in [1.807, 2.05) is 36.4 Å². The van der Waals surface area contributed by atoms with Gasteiger partial charge in [0.15, 0.2) is 6.61 Å². The van der Waals surface area contributed by atoms with Crippen molar-refractivity contribution in [3.05, 3.63) is 39.5 Å². The van der Waals surface area contributed by atoms with E-state index in [2.05, 4.69) is 6.58 Å². The molecule has 6 heteroatoms. The molecule has 0 saturated carbocycles. The van der Waals surface area contributed by atoms with Gasteiger partial charge in [0.2, 0.25) is 0 Å². The van der Waals surface area contributed by atoms with Gasteiger partial charge in [-0.2, -0.15) is 0 Å². The Hall–Kier alpha value is -1.57. The molecule has 0 saturated heterocycles. The summed E-state index contributed by atoms with van der Waals surface area (Å²) in [7, 11) is 0. The van der Waals surface area contributed by atoms with Gasteiger partial charge in [-0.15, -0.1) is 0 Å². The molecule has 1 aromatic rings. The first kappa shape index (κ1) is 17.5. The number of nitrogens with zero attached hydrogens (tertiary/aromatic N) is 1. The minimum atomic E-state index is -1.03. The molecule has 114 valence electrons. The highest BCUT2D eigenvalue weighted by molar-refractivity contribution is 14.1. The molecule has 0 aromatic heterocycles. The molecular weight excluding hydrogens is 385 g/mol. The first-order valence-electron chi connectivity index (χ1n) is 6.43. The van der Waals surface area contributed by atoms with Gasteiger partial charge in [-0.25, -0.2) is 4.79 Å². The summed E-state index contributed by atoms with van der Waals surface area (Å²) in [4.78, 5) is 24.6. The van der Waals surface area contributed by atoms with Crippen LogP contribution in [-0.2, 0) is 4.79 Å². The molecule has 0 bridgehead atoms. The third-order valence-electron chi connectivity index (χ3n) is 2.72. The zero-order chi connectivity index (χ0) is 16.0. The van der Waals surface area contributed by atoms with Crippen LogP contribution in [0, 0.1) is 3.57 Å². The maximum Gasteiger partial charge on any atom is 0.335 e. The molecular formula is C15H18INO4. The molecule has 0 aliphatic heterocycles. The van der Waals surface area contributed by atoms with Crippen LogP contribution in [-0.4, -0.2) is 41.6 Å². The quantitative estimate of drug-likeness (QED) is 0.562. The third kappa shape index (κ3) is 5.37. The second-order valence-corrected chi connectivity index (χ2v) is 5.77. The largest absolute Gasteiger partial charge is 0.483 e. The van der Waals surface area contributed by atoms with Crippen molar-refractivity contribution in [3.8, 4) is 5.75 Å². The lowest BCUT2D eigenvalue weighted by atomic mass is 10.2. The van der Waals surface area contributed by atoms with Gasteiger partial charge in [-0.3, -0.25) is 4.79 Å². The number of hydrogen-bond acceptors (Lipinski definition) is 3. The molecule has 1 aromatic carbocycles. The zero-order valence-corrected chi connectivity index (χ0v) is 14.2. The summed E-state index contributed by atoms with van der Waals surface area (Å²) in [5.74, 6) is -0.785. The number of carboxylic acid groups (broad SMARTS) is 1. The van der Waals surface area contributed by atoms with Crippen LogP contribution < -0.4 is 4.74 Å². The van der Waals surface area contributed by atoms with Gasteiger partial charge >= 0.3 is 5.97 Å². The Bertz CT molecular complexity index is 557. The summed E-state index contributed by atoms with van der Waals surface area (Å²) in [5.41, 5.74) is 1.03. The lowest BCUT2D eigenvalue weighted by Crippen LogP contribution is -2.35. The first-order valence-corrected chi connectivity index (χ1v) is 7.50. The highest BCUT2D eigenvalue weighted by Gasteiger charge is 2.14. The average Bonchev–Trinajstić information content (AvgIpc) is 2.42. The minimum Gasteiger partial charge on any atom is -0.483 e. The molecule has 0 unspecified atom stereocenters. The summed E-state index contributed by atoms with van der Waals surface area (Å²) in [6.45, 7) is 8.47. The Kier molecular flexibility index (Phi) is 6.67. The van der Waals surface area contributed by atoms with E-state index in [9.17, 15) is 9.59 Å². The molecule has 1 rings (SSSR count). The SMILES string of the molecule is C=C(C)CN(CC)C(=O)COc1cc(C(=O)O)ccc1I. The summed E-state index contributed by atoms with van der Waals surface area (Å²) in [6.07, 6.45) is 0. The van der Waals surface area contributed by atoms with Crippen LogP contribution in [0.1, 0.15) is 24.2 Å². The number of benzene rings is 1. The molecule has 0 radical (unpaired) electrons. The second-order valence-electron chi connectivity index (χ2n) is 4.60. The van der Waals surface area contributed by atoms with Crippen molar-refractivity contribution in [1.82, 2.24) is 4.90 Å². The van der Waals surface area contributed by atoms with Gasteiger partial charge in [0.25, 0.3) is 5.91 Å². The fourth-order valence-corrected chi connectivity index (χ4v) is 2.17. The van der Waals surface area contributed by atoms with Crippen LogP contribution in [0.5, 0.6) is 5.75 Å². The van der Waals surface area contributed by atoms with E-state index in [0.717, 1.165) is 9.14 Å². The Morgan fingerprint density at radius 1 is 1.43 bits per heavy atom. The van der Waals surface area contributed by atoms with Crippen molar-refractivity contribution in [2.45, 2.75) is 13.8 Å². The third-order valence-corrected chi connectivity index (χ3v) is 3.62. The smallest absolute Gasteiger partial charge is 0.335 e. The van der Waals surface area contributed by atoms with Crippen LogP contribution in [0.3, 0.4) is 0 Å². The lowest BCUT2D eigenvalue weighted by Gasteiger charge is -2.21. The molecule has 1 N–H and O–H groups in total. The van der Waals surface area contributed by atoms with E-state index in [4.69, 9.17) is 9.84 Å². The number of ether oxygens (including phenoxy) is 1. The van der Waals surface area contributed by atoms with Crippen molar-refractivity contribution in [1.29, 1.82) is 0 Å². The zero-order valence-electron chi connectivity index (χ0n) is 12.1. The molecule has 0 aliphatic rings. The van der Waals surface area contributed by atoms with E-state index in [-0.39, 0.29) is 18.1 Å². The first-order chi connectivity index (χ1) is 9.85. The van der Waals surface area contributed by atoms with Gasteiger partial charge in [0.1, 0.15) is 5.75 Å². The van der Waals surface area contributed by atoms with E-state index in [1.165, 1.54) is 12.1 Å². The predicted molar refractivity (Wildman–Crippen MR) is 88.7 cm³/mol. The minimum absolute atomic E-state index is 0.125. The molecule has 0 heterocycles. The summed E-state index contributed by atoms with van der Waals surface area (Å²) in [5, 5.41) is 8.96. The number of rotatable bonds is 7. The van der Waals surface area contributed by atoms with Crippen LogP contribution in [0.2, 0.25) is 0 Å². The number of halogens is 1. The number of hydrogen-bond donors (Lipinski definition) is 1. The Morgan fingerprint density at radius 2 is 2.10 bits per heavy atom. The standard InChI is InChI=1S/C15H18INO4/c1-4-17(8-10(2)3)14(18)9-21-13-7-11(15(19)20)5-6-12(13)16/h5-7H,2,4,8-9H2,1,3H3,(H,19,20). The van der Waals surface area contributed by atoms with E-state index in [0.29, 0.717) is 18.8 Å². The Labute approximate surface area is 137 Å². The van der Waals surface area contributed by atoms with E-state index < -0.39 is 5.97 Å². The highest BCUT2D eigenvalue weighted by Crippen LogP contribution is 2.22. The van der Waals surface area contributed by atoms with E-state index >= 15 is 0 Å². The van der Waals surface area contributed by atoms with Crippen molar-refractivity contribution in [2.75, 3.05) is 19.7 Å². The number of carboxylic acids is 1. The average molecular weight is 403 g/mol. The van der Waals surface area contributed by atoms with Crippen molar-refractivity contribution in [3.63, 3.8) is 0 Å². The van der Waals surface area contributed by atoms with Gasteiger partial charge in [0, 0.05) is 13.1 Å². The Balaban J connectivity index is 2.74. The number of carbonyl (C=O) groups excluding carboxylic acids is 1. The fraction of sp³-hybridized carbons (Fsp3) is 0.333. The number of likely N-dealkylation sites (N-methyl/N-ethyl adjacent to an activating group) is 1. The van der Waals surface area contributed by atoms with Crippen LogP contribution in [0.4, 0.5) is 0 Å². The molecule has 1 amide bonds. The lowest BCUT2D eigenvalue weighted by molar-refractivity contribution is -0.132. The molecule has 0 spiro atoms. The Morgan fingerprint density at radius 3 is 2.62 bits per heavy atom. The van der Waals surface area contributed by atoms with Crippen molar-refractivity contribution >= 4 is 34.5 Å². The van der Waals surface area contributed by atoms with Crippen molar-refractivity contribution < 1.29 is 19.4 Å². The number of aromatic carboxylic acids is 1. The fourth-order valence-electron chi connectivity index (χ4n) is 1.68. The normalized spacial score (nSPS) is 10.0. The topological polar surface area (TPSA) is 66.8 Å².